The number of aromatic hydroxyl groups is 1. The number of anilines is 1. The number of imide groups is 1. The van der Waals surface area contributed by atoms with Gasteiger partial charge in [-0.25, -0.2) is 4.90 Å². The predicted molar refractivity (Wildman–Crippen MR) is 143 cm³/mol. The molecule has 13 heteroatoms. The Hall–Kier alpha value is -4.19. The molecule has 6 nitrogen and oxygen atoms in total. The van der Waals surface area contributed by atoms with Crippen LogP contribution in [-0.4, -0.2) is 28.5 Å². The molecule has 1 N–H and O–H groups in total. The minimum absolute atomic E-state index is 0.0462. The van der Waals surface area contributed by atoms with E-state index in [1.807, 2.05) is 0 Å². The molecule has 1 fully saturated rings. The van der Waals surface area contributed by atoms with Crippen molar-refractivity contribution in [1.29, 1.82) is 0 Å². The monoisotopic (exact) mass is 635 g/mol. The van der Waals surface area contributed by atoms with Gasteiger partial charge in [-0.15, -0.1) is 0 Å². The summed E-state index contributed by atoms with van der Waals surface area (Å²) in [4.78, 5) is 54.5. The van der Waals surface area contributed by atoms with Crippen molar-refractivity contribution >= 4 is 40.7 Å². The first kappa shape index (κ1) is 29.9. The largest absolute Gasteiger partial charge is 0.508 e. The number of carbonyl (C=O) groups excluding carboxylic acids is 4. The smallest absolute Gasteiger partial charge is 0.416 e. The number of benzene rings is 2. The van der Waals surface area contributed by atoms with E-state index in [-0.39, 0.29) is 52.0 Å². The lowest BCUT2D eigenvalue weighted by molar-refractivity contribution is -0.143. The molecule has 2 aromatic carbocycles. The molecule has 0 bridgehead atoms. The Morgan fingerprint density at radius 1 is 0.886 bits per heavy atom. The molecular weight excluding hydrogens is 616 g/mol. The SMILES string of the molecule is CC1=CC(=O)C2=C(C1=O)[C@@H](c1cc(Cl)ccc1O)C1=CC[C@@H]3C(=O)N(c4cc(C(F)(F)F)cc(C(F)(F)F)c4)C(=O)[C@@H]3[C@@H]1C2. The highest BCUT2D eigenvalue weighted by atomic mass is 35.5. The van der Waals surface area contributed by atoms with E-state index in [2.05, 4.69) is 0 Å². The normalized spacial score (nSPS) is 25.5. The first-order valence-corrected chi connectivity index (χ1v) is 13.7. The van der Waals surface area contributed by atoms with Crippen LogP contribution in [0.4, 0.5) is 32.0 Å². The molecule has 228 valence electrons. The summed E-state index contributed by atoms with van der Waals surface area (Å²) in [6.07, 6.45) is -7.99. The van der Waals surface area contributed by atoms with Crippen molar-refractivity contribution in [3.63, 3.8) is 0 Å². The Kier molecular flexibility index (Phi) is 6.73. The number of fused-ring (bicyclic) bond motifs is 3. The number of halogens is 7. The molecule has 0 unspecified atom stereocenters. The second-order valence-corrected chi connectivity index (χ2v) is 11.6. The van der Waals surface area contributed by atoms with Gasteiger partial charge < -0.3 is 5.11 Å². The van der Waals surface area contributed by atoms with E-state index in [4.69, 9.17) is 11.6 Å². The van der Waals surface area contributed by atoms with Gasteiger partial charge in [-0.2, -0.15) is 26.3 Å². The van der Waals surface area contributed by atoms with Gasteiger partial charge >= 0.3 is 12.4 Å². The second-order valence-electron chi connectivity index (χ2n) is 11.2. The van der Waals surface area contributed by atoms with Crippen LogP contribution in [-0.2, 0) is 31.5 Å². The number of alkyl halides is 6. The Labute approximate surface area is 250 Å². The Morgan fingerprint density at radius 3 is 2.14 bits per heavy atom. The Bertz CT molecular complexity index is 1750. The molecule has 0 spiro atoms. The molecule has 2 aromatic rings. The fourth-order valence-corrected chi connectivity index (χ4v) is 6.98. The molecule has 1 heterocycles. The van der Waals surface area contributed by atoms with Gasteiger partial charge in [-0.05, 0) is 68.2 Å². The van der Waals surface area contributed by atoms with Gasteiger partial charge in [0.2, 0.25) is 11.8 Å². The van der Waals surface area contributed by atoms with Gasteiger partial charge in [0.15, 0.2) is 11.6 Å². The van der Waals surface area contributed by atoms with Crippen LogP contribution in [0.3, 0.4) is 0 Å². The van der Waals surface area contributed by atoms with Crippen molar-refractivity contribution in [1.82, 2.24) is 0 Å². The zero-order valence-electron chi connectivity index (χ0n) is 22.5. The van der Waals surface area contributed by atoms with E-state index in [1.54, 1.807) is 6.08 Å². The third kappa shape index (κ3) is 4.58. The van der Waals surface area contributed by atoms with E-state index in [1.165, 1.54) is 25.1 Å². The maximum absolute atomic E-state index is 13.9. The quantitative estimate of drug-likeness (QED) is 0.171. The summed E-state index contributed by atoms with van der Waals surface area (Å²) in [6, 6.07) is 4.65. The second kappa shape index (κ2) is 9.91. The maximum Gasteiger partial charge on any atom is 0.416 e. The number of phenols is 1. The molecule has 0 saturated carbocycles. The van der Waals surface area contributed by atoms with Crippen molar-refractivity contribution in [3.05, 3.63) is 92.6 Å². The van der Waals surface area contributed by atoms with Crippen LogP contribution >= 0.6 is 11.6 Å². The van der Waals surface area contributed by atoms with Crippen LogP contribution in [0.15, 0.2) is 70.8 Å². The van der Waals surface area contributed by atoms with Crippen LogP contribution in [0.1, 0.15) is 42.4 Å². The highest BCUT2D eigenvalue weighted by Gasteiger charge is 2.57. The minimum Gasteiger partial charge on any atom is -0.508 e. The number of Topliss-reactive ketones (excluding diaryl/α,β-unsaturated/α-hetero) is 1. The topological polar surface area (TPSA) is 91.8 Å². The van der Waals surface area contributed by atoms with Crippen molar-refractivity contribution < 1.29 is 50.6 Å². The fraction of sp³-hybridized carbons (Fsp3) is 0.290. The van der Waals surface area contributed by atoms with Crippen LogP contribution in [0.5, 0.6) is 5.75 Å². The molecule has 3 aliphatic carbocycles. The van der Waals surface area contributed by atoms with Gasteiger partial charge in [0, 0.05) is 33.2 Å². The first-order valence-electron chi connectivity index (χ1n) is 13.3. The third-order valence-corrected chi connectivity index (χ3v) is 8.93. The highest BCUT2D eigenvalue weighted by molar-refractivity contribution is 6.30. The number of carbonyl (C=O) groups is 4. The Morgan fingerprint density at radius 2 is 1.52 bits per heavy atom. The summed E-state index contributed by atoms with van der Waals surface area (Å²) >= 11 is 6.21. The van der Waals surface area contributed by atoms with Crippen molar-refractivity contribution in [3.8, 4) is 5.75 Å². The Balaban J connectivity index is 1.49. The number of rotatable bonds is 2. The summed E-state index contributed by atoms with van der Waals surface area (Å²) in [6.45, 7) is 1.46. The van der Waals surface area contributed by atoms with Crippen molar-refractivity contribution in [2.45, 2.75) is 38.0 Å². The number of amides is 2. The molecule has 0 radical (unpaired) electrons. The number of nitrogens with zero attached hydrogens (tertiary/aromatic N) is 1. The molecule has 1 saturated heterocycles. The molecule has 4 atom stereocenters. The summed E-state index contributed by atoms with van der Waals surface area (Å²) in [5.41, 5.74) is -3.39. The number of phenolic OH excluding ortho intramolecular Hbond substituents is 1. The first-order chi connectivity index (χ1) is 20.5. The average molecular weight is 636 g/mol. The predicted octanol–water partition coefficient (Wildman–Crippen LogP) is 6.72. The van der Waals surface area contributed by atoms with Crippen LogP contribution in [0, 0.1) is 17.8 Å². The maximum atomic E-state index is 13.9. The van der Waals surface area contributed by atoms with E-state index in [9.17, 15) is 50.6 Å². The van der Waals surface area contributed by atoms with Gasteiger partial charge in [0.05, 0.1) is 28.7 Å². The fourth-order valence-electron chi connectivity index (χ4n) is 6.80. The number of ketones is 2. The number of hydrogen-bond acceptors (Lipinski definition) is 5. The summed E-state index contributed by atoms with van der Waals surface area (Å²) in [5.74, 6) is -7.66. The average Bonchev–Trinajstić information content (AvgIpc) is 3.20. The molecule has 1 aliphatic heterocycles. The summed E-state index contributed by atoms with van der Waals surface area (Å²) < 4.78 is 81.5. The van der Waals surface area contributed by atoms with Gasteiger partial charge in [-0.3, -0.25) is 19.2 Å². The standard InChI is InChI=1S/C31H20ClF6NO5/c1-12-6-23(41)21-11-19-17(24(26(21)27(12)42)20-10-15(32)2-5-22(20)40)3-4-18-25(19)29(44)39(28(18)43)16-8-13(30(33,34)35)7-14(9-16)31(36,37)38/h2-3,5-10,18-19,24-25,40H,4,11H2,1H3/t18-,19+,24+,25-/m0/s1. The van der Waals surface area contributed by atoms with Crippen molar-refractivity contribution in [2.24, 2.45) is 17.8 Å². The molecule has 2 amide bonds. The van der Waals surface area contributed by atoms with Gasteiger partial charge in [-0.1, -0.05) is 23.3 Å². The number of allylic oxidation sites excluding steroid dienone is 6. The van der Waals surface area contributed by atoms with Crippen LogP contribution < -0.4 is 4.90 Å². The molecule has 6 rings (SSSR count). The molecular formula is C31H20ClF6NO5. The van der Waals surface area contributed by atoms with E-state index in [0.717, 1.165) is 6.08 Å². The van der Waals surface area contributed by atoms with Gasteiger partial charge in [0.25, 0.3) is 0 Å². The zero-order chi connectivity index (χ0) is 32.0. The molecule has 44 heavy (non-hydrogen) atoms. The van der Waals surface area contributed by atoms with E-state index < -0.39 is 76.2 Å². The lowest BCUT2D eigenvalue weighted by atomic mass is 9.59. The van der Waals surface area contributed by atoms with Crippen LogP contribution in [0.2, 0.25) is 5.02 Å². The van der Waals surface area contributed by atoms with E-state index >= 15 is 0 Å². The lowest BCUT2D eigenvalue weighted by Crippen LogP contribution is -2.39. The molecule has 4 aliphatic rings. The van der Waals surface area contributed by atoms with Crippen LogP contribution in [0.25, 0.3) is 0 Å². The third-order valence-electron chi connectivity index (χ3n) is 8.70. The highest BCUT2D eigenvalue weighted by Crippen LogP contribution is 2.57. The van der Waals surface area contributed by atoms with Gasteiger partial charge in [0.1, 0.15) is 5.75 Å². The number of hydrogen-bond donors (Lipinski definition) is 1. The lowest BCUT2D eigenvalue weighted by Gasteiger charge is -2.42. The zero-order valence-corrected chi connectivity index (χ0v) is 23.3. The summed E-state index contributed by atoms with van der Waals surface area (Å²) in [5, 5.41) is 11.0. The molecule has 0 aromatic heterocycles. The van der Waals surface area contributed by atoms with E-state index in [0.29, 0.717) is 22.6 Å². The van der Waals surface area contributed by atoms with Crippen molar-refractivity contribution in [2.75, 3.05) is 4.90 Å². The minimum atomic E-state index is -5.21. The summed E-state index contributed by atoms with van der Waals surface area (Å²) in [7, 11) is 0.